The van der Waals surface area contributed by atoms with E-state index in [0.717, 1.165) is 32.8 Å². The van der Waals surface area contributed by atoms with E-state index in [2.05, 4.69) is 45.4 Å². The van der Waals surface area contributed by atoms with E-state index < -0.39 is 84.2 Å². The summed E-state index contributed by atoms with van der Waals surface area (Å²) in [7, 11) is 1.16. The molecule has 354 valence electrons. The van der Waals surface area contributed by atoms with Gasteiger partial charge in [-0.2, -0.15) is 0 Å². The van der Waals surface area contributed by atoms with E-state index in [1.165, 1.54) is 50.6 Å². The van der Waals surface area contributed by atoms with Crippen LogP contribution >= 0.6 is 0 Å². The number of likely N-dealkylation sites (tertiary alicyclic amines) is 1. The summed E-state index contributed by atoms with van der Waals surface area (Å²) in [5, 5.41) is 47.1. The zero-order valence-electron chi connectivity index (χ0n) is 38.1. The lowest BCUT2D eigenvalue weighted by Gasteiger charge is -2.34. The number of hydrogen-bond donors (Lipinski definition) is 9. The number of unbranched alkanes of at least 4 members (excludes halogenated alkanes) is 6. The summed E-state index contributed by atoms with van der Waals surface area (Å²) in [6.45, 7) is 14.4. The third-order valence-corrected chi connectivity index (χ3v) is 10.8. The molecule has 0 saturated carbocycles. The molecule has 6 amide bonds. The lowest BCUT2D eigenvalue weighted by molar-refractivity contribution is -0.143. The van der Waals surface area contributed by atoms with Gasteiger partial charge in [-0.1, -0.05) is 78.0 Å². The van der Waals surface area contributed by atoms with Crippen LogP contribution in [0.5, 0.6) is 5.75 Å². The fraction of sp³-hybridized carbons (Fsp3) is 0.667. The van der Waals surface area contributed by atoms with Crippen LogP contribution in [0.4, 0.5) is 0 Å². The number of methoxy groups -OCH3 is 1. The summed E-state index contributed by atoms with van der Waals surface area (Å²) in [6, 6.07) is -1.95. The highest BCUT2D eigenvalue weighted by Gasteiger charge is 2.40. The standard InChI is InChI=1S/C45H73N7O11/c1-9-10-11-12-13-14-15-18-37(56)49-34(24-27(2)3)42(59)51-38(31(7)54)44(61)52-23-16-17-36(52)29(5)47-39(45(62)63-8)43(60)48-30(6)40(57)50-35(41(58)46-28(4)26-53)25-32-19-21-33(55)22-20-32/h19-22,26-28,30-31,34-36,38-39,45,47,54-55,62H,5,9-18,23-25H2,1-4,6-8H3,(H,46,58)(H,48,60)(H,49,56)(H,50,57)(H,51,59)/t28?,30-,31?,34-,35-,36+,38?,39+,45?/m0/s1. The van der Waals surface area contributed by atoms with Crippen molar-refractivity contribution in [1.29, 1.82) is 0 Å². The molecular formula is C45H73N7O11. The first-order valence-electron chi connectivity index (χ1n) is 22.2. The topological polar surface area (TPSA) is 265 Å². The maximum atomic E-state index is 14.1. The van der Waals surface area contributed by atoms with Crippen LogP contribution in [0, 0.1) is 5.92 Å². The summed E-state index contributed by atoms with van der Waals surface area (Å²) >= 11 is 0. The molecule has 1 heterocycles. The number of aldehydes is 1. The molecule has 9 atom stereocenters. The fourth-order valence-corrected chi connectivity index (χ4v) is 7.23. The van der Waals surface area contributed by atoms with E-state index >= 15 is 0 Å². The van der Waals surface area contributed by atoms with Crippen LogP contribution in [0.1, 0.15) is 118 Å². The molecule has 1 aliphatic heterocycles. The van der Waals surface area contributed by atoms with Gasteiger partial charge in [0.1, 0.15) is 36.2 Å². The Bertz CT molecular complexity index is 1660. The van der Waals surface area contributed by atoms with Crippen molar-refractivity contribution in [3.05, 3.63) is 42.1 Å². The van der Waals surface area contributed by atoms with Crippen molar-refractivity contribution in [3.8, 4) is 5.75 Å². The van der Waals surface area contributed by atoms with E-state index in [0.29, 0.717) is 37.5 Å². The van der Waals surface area contributed by atoms with Crippen LogP contribution in [0.3, 0.4) is 0 Å². The number of amides is 6. The number of phenols is 1. The molecule has 0 aliphatic carbocycles. The highest BCUT2D eigenvalue weighted by Crippen LogP contribution is 2.24. The van der Waals surface area contributed by atoms with E-state index in [9.17, 15) is 48.9 Å². The molecule has 1 aliphatic rings. The predicted octanol–water partition coefficient (Wildman–Crippen LogP) is 1.59. The number of nitrogens with one attached hydrogen (secondary N) is 6. The van der Waals surface area contributed by atoms with E-state index in [1.54, 1.807) is 12.1 Å². The number of rotatable bonds is 29. The number of hydrogen-bond acceptors (Lipinski definition) is 12. The van der Waals surface area contributed by atoms with Gasteiger partial charge in [-0.25, -0.2) is 0 Å². The molecule has 0 radical (unpaired) electrons. The number of ether oxygens (including phenoxy) is 1. The quantitative estimate of drug-likeness (QED) is 0.0316. The van der Waals surface area contributed by atoms with Crippen LogP contribution in [-0.2, 0) is 44.7 Å². The minimum absolute atomic E-state index is 0.00106. The van der Waals surface area contributed by atoms with Gasteiger partial charge in [0.05, 0.1) is 18.2 Å². The summed E-state index contributed by atoms with van der Waals surface area (Å²) in [4.78, 5) is 93.3. The molecule has 2 rings (SSSR count). The van der Waals surface area contributed by atoms with Crippen molar-refractivity contribution in [2.75, 3.05) is 13.7 Å². The molecule has 0 spiro atoms. The number of benzene rings is 1. The van der Waals surface area contributed by atoms with Gasteiger partial charge in [-0.15, -0.1) is 0 Å². The smallest absolute Gasteiger partial charge is 0.248 e. The molecule has 4 unspecified atom stereocenters. The summed E-state index contributed by atoms with van der Waals surface area (Å²) in [5.41, 5.74) is 0.722. The zero-order valence-corrected chi connectivity index (χ0v) is 38.1. The first-order chi connectivity index (χ1) is 29.8. The highest BCUT2D eigenvalue weighted by molar-refractivity contribution is 5.94. The van der Waals surface area contributed by atoms with Crippen molar-refractivity contribution in [1.82, 2.24) is 36.8 Å². The van der Waals surface area contributed by atoms with Crippen LogP contribution in [0.25, 0.3) is 0 Å². The monoisotopic (exact) mass is 888 g/mol. The van der Waals surface area contributed by atoms with Crippen molar-refractivity contribution in [2.24, 2.45) is 5.92 Å². The number of aliphatic hydroxyl groups is 2. The van der Waals surface area contributed by atoms with Gasteiger partial charge in [0.15, 0.2) is 12.3 Å². The highest BCUT2D eigenvalue weighted by atomic mass is 16.6. The molecule has 1 aromatic rings. The molecule has 1 fully saturated rings. The van der Waals surface area contributed by atoms with Gasteiger partial charge in [0, 0.05) is 32.2 Å². The van der Waals surface area contributed by atoms with Crippen LogP contribution in [-0.4, -0.2) is 130 Å². The average Bonchev–Trinajstić information content (AvgIpc) is 3.74. The second-order valence-electron chi connectivity index (χ2n) is 16.9. The molecule has 1 aromatic carbocycles. The number of phenolic OH excluding ortho intramolecular Hbond substituents is 1. The maximum absolute atomic E-state index is 14.1. The average molecular weight is 888 g/mol. The fourth-order valence-electron chi connectivity index (χ4n) is 7.23. The van der Waals surface area contributed by atoms with Gasteiger partial charge in [0.25, 0.3) is 0 Å². The minimum Gasteiger partial charge on any atom is -0.508 e. The molecule has 0 bridgehead atoms. The van der Waals surface area contributed by atoms with Crippen LogP contribution in [0.2, 0.25) is 0 Å². The number of aromatic hydroxyl groups is 1. The molecule has 63 heavy (non-hydrogen) atoms. The minimum atomic E-state index is -1.76. The third-order valence-electron chi connectivity index (χ3n) is 10.8. The molecule has 18 heteroatoms. The van der Waals surface area contributed by atoms with E-state index in [4.69, 9.17) is 4.74 Å². The predicted molar refractivity (Wildman–Crippen MR) is 236 cm³/mol. The van der Waals surface area contributed by atoms with Gasteiger partial charge < -0.3 is 61.7 Å². The third kappa shape index (κ3) is 18.7. The van der Waals surface area contributed by atoms with Crippen molar-refractivity contribution in [2.45, 2.75) is 173 Å². The Labute approximate surface area is 372 Å². The van der Waals surface area contributed by atoms with E-state index in [-0.39, 0.29) is 42.7 Å². The van der Waals surface area contributed by atoms with Gasteiger partial charge in [-0.3, -0.25) is 28.8 Å². The Morgan fingerprint density at radius 2 is 1.41 bits per heavy atom. The van der Waals surface area contributed by atoms with Crippen LogP contribution < -0.4 is 31.9 Å². The zero-order chi connectivity index (χ0) is 47.2. The molecule has 9 N–H and O–H groups in total. The lowest BCUT2D eigenvalue weighted by atomic mass is 10.0. The number of carbonyl (C=O) groups excluding carboxylic acids is 7. The van der Waals surface area contributed by atoms with Crippen molar-refractivity contribution in [3.63, 3.8) is 0 Å². The Balaban J connectivity index is 2.15. The van der Waals surface area contributed by atoms with Crippen LogP contribution in [0.15, 0.2) is 36.5 Å². The molecule has 0 aromatic heterocycles. The maximum Gasteiger partial charge on any atom is 0.248 e. The van der Waals surface area contributed by atoms with E-state index in [1.807, 2.05) is 13.8 Å². The summed E-state index contributed by atoms with van der Waals surface area (Å²) in [5.74, 6) is -3.78. The van der Waals surface area contributed by atoms with Crippen molar-refractivity contribution < 1.29 is 53.6 Å². The summed E-state index contributed by atoms with van der Waals surface area (Å²) in [6.07, 6.45) is 6.18. The Morgan fingerprint density at radius 1 is 0.794 bits per heavy atom. The largest absolute Gasteiger partial charge is 0.508 e. The Kier molecular flexibility index (Phi) is 23.9. The normalized spacial score (nSPS) is 17.5. The van der Waals surface area contributed by atoms with Crippen molar-refractivity contribution >= 4 is 41.7 Å². The second kappa shape index (κ2) is 27.9. The Morgan fingerprint density at radius 3 is 2.00 bits per heavy atom. The number of carbonyl (C=O) groups is 7. The summed E-state index contributed by atoms with van der Waals surface area (Å²) < 4.78 is 5.07. The molecular weight excluding hydrogens is 815 g/mol. The number of aliphatic hydroxyl groups excluding tert-OH is 2. The SMILES string of the molecule is C=C(N[C@H](C(=O)N[C@@H](C)C(=O)N[C@@H](Cc1ccc(O)cc1)C(=O)NC(C)C=O)C(O)OC)[C@H]1CCCN1C(=O)C(NC(=O)[C@H](CC(C)C)NC(=O)CCCCCCCCC)C(C)O. The first kappa shape index (κ1) is 54.1. The molecule has 1 saturated heterocycles. The lowest BCUT2D eigenvalue weighted by Crippen LogP contribution is -2.60. The van der Waals surface area contributed by atoms with Gasteiger partial charge >= 0.3 is 0 Å². The molecule has 18 nitrogen and oxygen atoms in total. The first-order valence-corrected chi connectivity index (χ1v) is 22.2. The number of nitrogens with zero attached hydrogens (tertiary/aromatic N) is 1. The van der Waals surface area contributed by atoms with Gasteiger partial charge in [-0.05, 0) is 70.1 Å². The van der Waals surface area contributed by atoms with Gasteiger partial charge in [0.2, 0.25) is 35.4 Å². The Hall–Kier alpha value is -5.07. The second-order valence-corrected chi connectivity index (χ2v) is 16.9.